The third kappa shape index (κ3) is 3.67. The van der Waals surface area contributed by atoms with Crippen molar-refractivity contribution in [2.45, 2.75) is 26.3 Å². The monoisotopic (exact) mass is 325 g/mol. The summed E-state index contributed by atoms with van der Waals surface area (Å²) in [6.45, 7) is 5.13. The Morgan fingerprint density at radius 1 is 1.32 bits per heavy atom. The molecule has 1 atom stereocenters. The fourth-order valence-corrected chi connectivity index (χ4v) is 2.48. The van der Waals surface area contributed by atoms with Crippen LogP contribution in [-0.4, -0.2) is 12.6 Å². The van der Waals surface area contributed by atoms with Gasteiger partial charge in [0.1, 0.15) is 17.3 Å². The van der Waals surface area contributed by atoms with Gasteiger partial charge >= 0.3 is 0 Å². The van der Waals surface area contributed by atoms with E-state index < -0.39 is 0 Å². The molecule has 1 aromatic carbocycles. The van der Waals surface area contributed by atoms with Crippen LogP contribution < -0.4 is 5.32 Å². The highest BCUT2D eigenvalue weighted by Gasteiger charge is 2.11. The molecule has 0 aliphatic carbocycles. The van der Waals surface area contributed by atoms with E-state index in [1.165, 1.54) is 12.1 Å². The molecular formula is C15H17BrFNO. The first kappa shape index (κ1) is 14.3. The first-order chi connectivity index (χ1) is 9.10. The molecule has 1 N–H and O–H groups in total. The SMILES string of the molecule is CCNC(C)Cc1ccc(-c2cc(F)ccc2Br)o1. The minimum atomic E-state index is -0.267. The van der Waals surface area contributed by atoms with E-state index in [1.807, 2.05) is 12.1 Å². The van der Waals surface area contributed by atoms with Crippen LogP contribution in [-0.2, 0) is 6.42 Å². The number of nitrogens with one attached hydrogen (secondary N) is 1. The van der Waals surface area contributed by atoms with Crippen LogP contribution in [0.1, 0.15) is 19.6 Å². The number of furan rings is 1. The number of hydrogen-bond donors (Lipinski definition) is 1. The number of rotatable bonds is 5. The van der Waals surface area contributed by atoms with Crippen molar-refractivity contribution in [3.63, 3.8) is 0 Å². The van der Waals surface area contributed by atoms with Gasteiger partial charge in [0.2, 0.25) is 0 Å². The Morgan fingerprint density at radius 2 is 2.11 bits per heavy atom. The normalized spacial score (nSPS) is 12.6. The molecule has 2 aromatic rings. The minimum Gasteiger partial charge on any atom is -0.461 e. The second kappa shape index (κ2) is 6.35. The summed E-state index contributed by atoms with van der Waals surface area (Å²) in [5.41, 5.74) is 0.738. The maximum Gasteiger partial charge on any atom is 0.135 e. The van der Waals surface area contributed by atoms with Crippen molar-refractivity contribution in [1.29, 1.82) is 0 Å². The van der Waals surface area contributed by atoms with Crippen molar-refractivity contribution in [3.05, 3.63) is 46.4 Å². The number of likely N-dealkylation sites (N-methyl/N-ethyl adjacent to an activating group) is 1. The molecule has 0 bridgehead atoms. The van der Waals surface area contributed by atoms with Crippen molar-refractivity contribution < 1.29 is 8.81 Å². The van der Waals surface area contributed by atoms with Crippen LogP contribution in [0, 0.1) is 5.82 Å². The largest absolute Gasteiger partial charge is 0.461 e. The van der Waals surface area contributed by atoms with Crippen molar-refractivity contribution in [3.8, 4) is 11.3 Å². The summed E-state index contributed by atoms with van der Waals surface area (Å²) in [7, 11) is 0. The Labute approximate surface area is 121 Å². The summed E-state index contributed by atoms with van der Waals surface area (Å²) in [5.74, 6) is 1.32. The van der Waals surface area contributed by atoms with Crippen LogP contribution in [0.15, 0.2) is 39.2 Å². The molecule has 0 fully saturated rings. The molecule has 1 unspecified atom stereocenters. The zero-order chi connectivity index (χ0) is 13.8. The molecule has 0 amide bonds. The molecule has 0 aliphatic heterocycles. The van der Waals surface area contributed by atoms with Crippen molar-refractivity contribution in [1.82, 2.24) is 5.32 Å². The van der Waals surface area contributed by atoms with Gasteiger partial charge in [-0.25, -0.2) is 4.39 Å². The van der Waals surface area contributed by atoms with E-state index in [4.69, 9.17) is 4.42 Å². The molecule has 102 valence electrons. The van der Waals surface area contributed by atoms with E-state index in [9.17, 15) is 4.39 Å². The third-order valence-corrected chi connectivity index (χ3v) is 3.61. The molecule has 1 heterocycles. The smallest absolute Gasteiger partial charge is 0.135 e. The van der Waals surface area contributed by atoms with Gasteiger partial charge < -0.3 is 9.73 Å². The van der Waals surface area contributed by atoms with Crippen LogP contribution in [0.4, 0.5) is 4.39 Å². The highest BCUT2D eigenvalue weighted by molar-refractivity contribution is 9.10. The third-order valence-electron chi connectivity index (χ3n) is 2.92. The van der Waals surface area contributed by atoms with Crippen molar-refractivity contribution >= 4 is 15.9 Å². The summed E-state index contributed by atoms with van der Waals surface area (Å²) in [4.78, 5) is 0. The molecule has 0 saturated heterocycles. The molecule has 1 aromatic heterocycles. The van der Waals surface area contributed by atoms with Gasteiger partial charge in [-0.1, -0.05) is 22.9 Å². The Kier molecular flexibility index (Phi) is 4.77. The zero-order valence-corrected chi connectivity index (χ0v) is 12.6. The zero-order valence-electron chi connectivity index (χ0n) is 11.0. The number of benzene rings is 1. The van der Waals surface area contributed by atoms with E-state index in [2.05, 4.69) is 35.1 Å². The van der Waals surface area contributed by atoms with Crippen molar-refractivity contribution in [2.24, 2.45) is 0 Å². The van der Waals surface area contributed by atoms with E-state index >= 15 is 0 Å². The predicted molar refractivity (Wildman–Crippen MR) is 78.6 cm³/mol. The lowest BCUT2D eigenvalue weighted by molar-refractivity contribution is 0.470. The fraction of sp³-hybridized carbons (Fsp3) is 0.333. The average molecular weight is 326 g/mol. The molecule has 0 spiro atoms. The topological polar surface area (TPSA) is 25.2 Å². The van der Waals surface area contributed by atoms with Crippen LogP contribution in [0.2, 0.25) is 0 Å². The second-order valence-corrected chi connectivity index (χ2v) is 5.41. The fourth-order valence-electron chi connectivity index (χ4n) is 2.04. The Bertz CT molecular complexity index is 553. The average Bonchev–Trinajstić information content (AvgIpc) is 2.81. The second-order valence-electron chi connectivity index (χ2n) is 4.55. The van der Waals surface area contributed by atoms with E-state index in [0.717, 1.165) is 28.8 Å². The van der Waals surface area contributed by atoms with Gasteiger partial charge in [0, 0.05) is 22.5 Å². The van der Waals surface area contributed by atoms with Crippen LogP contribution in [0.25, 0.3) is 11.3 Å². The van der Waals surface area contributed by atoms with Gasteiger partial charge in [-0.2, -0.15) is 0 Å². The first-order valence-electron chi connectivity index (χ1n) is 6.37. The standard InChI is InChI=1S/C15H17BrFNO/c1-3-18-10(2)8-12-5-7-15(19-12)13-9-11(17)4-6-14(13)16/h4-7,9-10,18H,3,8H2,1-2H3. The molecule has 2 nitrogen and oxygen atoms in total. The molecular weight excluding hydrogens is 309 g/mol. The lowest BCUT2D eigenvalue weighted by Crippen LogP contribution is -2.27. The highest BCUT2D eigenvalue weighted by atomic mass is 79.9. The van der Waals surface area contributed by atoms with Crippen LogP contribution >= 0.6 is 15.9 Å². The lowest BCUT2D eigenvalue weighted by Gasteiger charge is -2.09. The van der Waals surface area contributed by atoms with E-state index in [1.54, 1.807) is 6.07 Å². The van der Waals surface area contributed by atoms with Gasteiger partial charge in [-0.15, -0.1) is 0 Å². The van der Waals surface area contributed by atoms with Gasteiger partial charge in [0.25, 0.3) is 0 Å². The Balaban J connectivity index is 2.18. The summed E-state index contributed by atoms with van der Waals surface area (Å²) in [6.07, 6.45) is 0.820. The predicted octanol–water partition coefficient (Wildman–Crippen LogP) is 4.39. The van der Waals surface area contributed by atoms with Gasteiger partial charge in [0.15, 0.2) is 0 Å². The quantitative estimate of drug-likeness (QED) is 0.882. The molecule has 0 aliphatic rings. The summed E-state index contributed by atoms with van der Waals surface area (Å²) in [6, 6.07) is 8.77. The maximum atomic E-state index is 13.3. The molecule has 4 heteroatoms. The Hall–Kier alpha value is -1.13. The summed E-state index contributed by atoms with van der Waals surface area (Å²) in [5, 5.41) is 3.33. The lowest BCUT2D eigenvalue weighted by atomic mass is 10.1. The number of halogens is 2. The maximum absolute atomic E-state index is 13.3. The molecule has 0 saturated carbocycles. The van der Waals surface area contributed by atoms with E-state index in [-0.39, 0.29) is 5.82 Å². The van der Waals surface area contributed by atoms with E-state index in [0.29, 0.717) is 11.8 Å². The summed E-state index contributed by atoms with van der Waals surface area (Å²) >= 11 is 3.41. The Morgan fingerprint density at radius 3 is 2.84 bits per heavy atom. The molecule has 19 heavy (non-hydrogen) atoms. The molecule has 0 radical (unpaired) electrons. The highest BCUT2D eigenvalue weighted by Crippen LogP contribution is 2.30. The minimum absolute atomic E-state index is 0.267. The van der Waals surface area contributed by atoms with Crippen LogP contribution in [0.5, 0.6) is 0 Å². The summed E-state index contributed by atoms with van der Waals surface area (Å²) < 4.78 is 19.9. The molecule has 2 rings (SSSR count). The van der Waals surface area contributed by atoms with Crippen molar-refractivity contribution in [2.75, 3.05) is 6.54 Å². The van der Waals surface area contributed by atoms with Crippen LogP contribution in [0.3, 0.4) is 0 Å². The van der Waals surface area contributed by atoms with Gasteiger partial charge in [-0.05, 0) is 43.8 Å². The van der Waals surface area contributed by atoms with Gasteiger partial charge in [-0.3, -0.25) is 0 Å². The number of hydrogen-bond acceptors (Lipinski definition) is 2. The first-order valence-corrected chi connectivity index (χ1v) is 7.17. The van der Waals surface area contributed by atoms with Gasteiger partial charge in [0.05, 0.1) is 0 Å².